The summed E-state index contributed by atoms with van der Waals surface area (Å²) in [5.41, 5.74) is 5.81. The molecular formula is C50H58ClFN10O6S2. The molecule has 0 unspecified atom stereocenters. The molecule has 4 heterocycles. The van der Waals surface area contributed by atoms with Crippen LogP contribution >= 0.6 is 34.7 Å². The number of rotatable bonds is 18. The molecule has 16 nitrogen and oxygen atoms in total. The molecule has 2 aromatic heterocycles. The van der Waals surface area contributed by atoms with E-state index in [2.05, 4.69) is 53.3 Å². The van der Waals surface area contributed by atoms with Gasteiger partial charge in [-0.2, -0.15) is 4.98 Å². The lowest BCUT2D eigenvalue weighted by atomic mass is 10.00. The number of ether oxygens (including phenoxy) is 1. The summed E-state index contributed by atoms with van der Waals surface area (Å²) in [6.45, 7) is 8.93. The van der Waals surface area contributed by atoms with E-state index >= 15 is 4.39 Å². The molecule has 1 saturated carbocycles. The number of carbonyl (C=O) groups excluding carboxylic acids is 4. The Morgan fingerprint density at radius 3 is 2.36 bits per heavy atom. The molecule has 8 rings (SSSR count). The summed E-state index contributed by atoms with van der Waals surface area (Å²) in [6, 6.07) is 19.1. The van der Waals surface area contributed by atoms with Crippen LogP contribution in [0.4, 0.5) is 21.8 Å². The van der Waals surface area contributed by atoms with Gasteiger partial charge in [-0.15, -0.1) is 23.1 Å². The van der Waals surface area contributed by atoms with Gasteiger partial charge < -0.3 is 40.9 Å². The maximum atomic E-state index is 15.2. The van der Waals surface area contributed by atoms with E-state index in [9.17, 15) is 24.3 Å². The van der Waals surface area contributed by atoms with Crippen molar-refractivity contribution in [3.63, 3.8) is 0 Å². The third-order valence-electron chi connectivity index (χ3n) is 13.0. The predicted molar refractivity (Wildman–Crippen MR) is 271 cm³/mol. The van der Waals surface area contributed by atoms with E-state index in [0.29, 0.717) is 72.3 Å². The summed E-state index contributed by atoms with van der Waals surface area (Å²) in [7, 11) is 3.25. The SMILES string of the molecule is CNc1nc(Nc2ccc(C(=O)N3CCN(Cc4ccc(CSC(C)(C)[C@H](NC(=O)C5(F)CC5)C(=O)N5C[C@H](O)C[C@H]5C(=O)NCc5ccc(-c6scnc6C)cc5)cc4)CC3)cc2OC)ncc1Cl. The normalized spacial score (nSPS) is 18.2. The fourth-order valence-electron chi connectivity index (χ4n) is 8.56. The minimum atomic E-state index is -2.03. The van der Waals surface area contributed by atoms with Crippen molar-refractivity contribution in [1.29, 1.82) is 0 Å². The number of thiazole rings is 1. The predicted octanol–water partition coefficient (Wildman–Crippen LogP) is 6.59. The van der Waals surface area contributed by atoms with Crippen LogP contribution in [0.15, 0.2) is 78.4 Å². The van der Waals surface area contributed by atoms with Crippen molar-refractivity contribution >= 4 is 75.8 Å². The molecular weight excluding hydrogens is 955 g/mol. The molecule has 0 spiro atoms. The van der Waals surface area contributed by atoms with Gasteiger partial charge in [-0.05, 0) is 74.1 Å². The van der Waals surface area contributed by atoms with Crippen molar-refractivity contribution in [3.8, 4) is 16.2 Å². The molecule has 3 aliphatic rings. The van der Waals surface area contributed by atoms with Crippen LogP contribution in [0.2, 0.25) is 5.02 Å². The Hall–Kier alpha value is -5.86. The monoisotopic (exact) mass is 1010 g/mol. The summed E-state index contributed by atoms with van der Waals surface area (Å²) in [5.74, 6) is -0.152. The van der Waals surface area contributed by atoms with Crippen molar-refractivity contribution in [2.45, 2.75) is 87.5 Å². The van der Waals surface area contributed by atoms with Gasteiger partial charge in [0.2, 0.25) is 17.8 Å². The summed E-state index contributed by atoms with van der Waals surface area (Å²) in [6.07, 6.45) is 0.740. The number of β-amino-alcohol motifs (C(OH)–C–C–N with tert-alkyl or cyclic N) is 1. The number of alkyl halides is 1. The number of aromatic nitrogens is 3. The van der Waals surface area contributed by atoms with Gasteiger partial charge in [-0.3, -0.25) is 24.1 Å². The molecule has 70 heavy (non-hydrogen) atoms. The second-order valence-electron chi connectivity index (χ2n) is 18.4. The van der Waals surface area contributed by atoms with Crippen LogP contribution in [-0.4, -0.2) is 134 Å². The number of nitrogens with one attached hydrogen (secondary N) is 4. The zero-order valence-electron chi connectivity index (χ0n) is 39.8. The van der Waals surface area contributed by atoms with Crippen LogP contribution in [0.25, 0.3) is 10.4 Å². The Kier molecular flexibility index (Phi) is 15.6. The fourth-order valence-corrected chi connectivity index (χ4v) is 10.6. The summed E-state index contributed by atoms with van der Waals surface area (Å²) < 4.78 is 19.8. The van der Waals surface area contributed by atoms with Crippen LogP contribution in [0, 0.1) is 6.92 Å². The van der Waals surface area contributed by atoms with Gasteiger partial charge in [0.15, 0.2) is 5.67 Å². The number of amides is 4. The number of methoxy groups -OCH3 is 1. The number of aryl methyl sites for hydroxylation is 1. The van der Waals surface area contributed by atoms with Gasteiger partial charge in [0, 0.05) is 75.3 Å². The first kappa shape index (κ1) is 50.5. The zero-order valence-corrected chi connectivity index (χ0v) is 42.1. The van der Waals surface area contributed by atoms with E-state index in [1.165, 1.54) is 30.0 Å². The topological polar surface area (TPSA) is 194 Å². The van der Waals surface area contributed by atoms with Crippen molar-refractivity contribution in [2.75, 3.05) is 57.5 Å². The Morgan fingerprint density at radius 2 is 1.70 bits per heavy atom. The van der Waals surface area contributed by atoms with Crippen LogP contribution in [0.3, 0.4) is 0 Å². The molecule has 2 aliphatic heterocycles. The highest BCUT2D eigenvalue weighted by Crippen LogP contribution is 2.41. The maximum absolute atomic E-state index is 15.2. The Morgan fingerprint density at radius 1 is 1.00 bits per heavy atom. The molecule has 0 radical (unpaired) electrons. The van der Waals surface area contributed by atoms with Crippen LogP contribution in [0.5, 0.6) is 5.75 Å². The number of halogens is 2. The van der Waals surface area contributed by atoms with Gasteiger partial charge in [0.05, 0.1) is 41.2 Å². The Balaban J connectivity index is 0.844. The molecule has 3 atom stereocenters. The number of piperazine rings is 1. The molecule has 2 saturated heterocycles. The molecule has 20 heteroatoms. The number of nitrogens with zero attached hydrogens (tertiary/aromatic N) is 6. The first-order chi connectivity index (χ1) is 33.5. The minimum absolute atomic E-state index is 0.0347. The second kappa shape index (κ2) is 21.6. The molecule has 5 aromatic rings. The number of benzene rings is 3. The number of likely N-dealkylation sites (tertiary alicyclic amines) is 1. The summed E-state index contributed by atoms with van der Waals surface area (Å²) in [5, 5.41) is 22.9. The van der Waals surface area contributed by atoms with E-state index < -0.39 is 46.3 Å². The summed E-state index contributed by atoms with van der Waals surface area (Å²) >= 11 is 9.13. The van der Waals surface area contributed by atoms with E-state index in [1.807, 2.05) is 62.1 Å². The molecule has 5 N–H and O–H groups in total. The highest BCUT2D eigenvalue weighted by atomic mass is 35.5. The van der Waals surface area contributed by atoms with Gasteiger partial charge in [0.1, 0.15) is 28.7 Å². The number of hydrogen-bond donors (Lipinski definition) is 5. The number of aliphatic hydroxyl groups excluding tert-OH is 1. The van der Waals surface area contributed by atoms with Crippen molar-refractivity contribution in [2.24, 2.45) is 0 Å². The van der Waals surface area contributed by atoms with Crippen molar-refractivity contribution in [3.05, 3.63) is 111 Å². The Bertz CT molecular complexity index is 2700. The number of carbonyl (C=O) groups is 4. The highest BCUT2D eigenvalue weighted by molar-refractivity contribution is 7.99. The van der Waals surface area contributed by atoms with E-state index in [0.717, 1.165) is 32.8 Å². The van der Waals surface area contributed by atoms with Crippen LogP contribution in [-0.2, 0) is 33.2 Å². The lowest BCUT2D eigenvalue weighted by molar-refractivity contribution is -0.143. The average molecular weight is 1010 g/mol. The number of thioether (sulfide) groups is 1. The van der Waals surface area contributed by atoms with Gasteiger partial charge in [-0.1, -0.05) is 60.1 Å². The Labute approximate surface area is 420 Å². The average Bonchev–Trinajstić information content (AvgIpc) is 3.77. The molecule has 0 bridgehead atoms. The number of hydrogen-bond acceptors (Lipinski definition) is 14. The van der Waals surface area contributed by atoms with E-state index in [-0.39, 0.29) is 38.3 Å². The standard InChI is InChI=1S/C50H58ClFN10O6S2/c1-30-41(69-29-56-30)34-12-10-31(11-13-34)24-54-44(64)39-23-36(63)27-62(39)46(66)42(58-47(67)50(52)16-17-50)49(2,3)70-28-33-8-6-32(7-9-33)26-60-18-20-61(21-19-60)45(65)35-14-15-38(40(22-35)68-5)57-48-55-25-37(51)43(53-4)59-48/h6-15,22,25,29,36,39,42,63H,16-21,23-24,26-28H2,1-5H3,(H,54,64)(H,58,67)(H2,53,55,57,59)/t36-,39+,42-/m1/s1. The molecule has 4 amide bonds. The number of anilines is 3. The lowest BCUT2D eigenvalue weighted by Gasteiger charge is -2.37. The molecule has 1 aliphatic carbocycles. The van der Waals surface area contributed by atoms with Crippen molar-refractivity contribution in [1.82, 2.24) is 40.3 Å². The smallest absolute Gasteiger partial charge is 0.258 e. The number of aliphatic hydroxyl groups is 1. The van der Waals surface area contributed by atoms with Gasteiger partial charge in [-0.25, -0.2) is 14.4 Å². The quantitative estimate of drug-likeness (QED) is 0.0632. The first-order valence-electron chi connectivity index (χ1n) is 23.2. The zero-order chi connectivity index (χ0) is 49.7. The maximum Gasteiger partial charge on any atom is 0.258 e. The molecule has 370 valence electrons. The largest absolute Gasteiger partial charge is 0.495 e. The second-order valence-corrected chi connectivity index (χ2v) is 21.3. The highest BCUT2D eigenvalue weighted by Gasteiger charge is 2.54. The summed E-state index contributed by atoms with van der Waals surface area (Å²) in [4.78, 5) is 74.5. The third-order valence-corrected chi connectivity index (χ3v) is 15.7. The van der Waals surface area contributed by atoms with Crippen molar-refractivity contribution < 1.29 is 33.4 Å². The molecule has 3 aromatic carbocycles. The minimum Gasteiger partial charge on any atom is -0.495 e. The van der Waals surface area contributed by atoms with Gasteiger partial charge >= 0.3 is 0 Å². The van der Waals surface area contributed by atoms with Gasteiger partial charge in [0.25, 0.3) is 11.8 Å². The molecule has 3 fully saturated rings. The lowest BCUT2D eigenvalue weighted by Crippen LogP contribution is -2.61. The van der Waals surface area contributed by atoms with E-state index in [1.54, 1.807) is 42.1 Å². The fraction of sp³-hybridized carbons (Fsp3) is 0.420. The van der Waals surface area contributed by atoms with E-state index in [4.69, 9.17) is 16.3 Å². The third kappa shape index (κ3) is 11.8. The van der Waals surface area contributed by atoms with Crippen LogP contribution in [0.1, 0.15) is 65.9 Å². The first-order valence-corrected chi connectivity index (χ1v) is 25.4. The van der Waals surface area contributed by atoms with Crippen LogP contribution < -0.4 is 26.0 Å².